The molecule has 0 unspecified atom stereocenters. The van der Waals surface area contributed by atoms with Crippen molar-refractivity contribution in [2.75, 3.05) is 0 Å². The smallest absolute Gasteiger partial charge is 0.274 e. The SMILES string of the molecule is CCc1cccc(-n2ccc(=O)[nH]c2=O)c1. The van der Waals surface area contributed by atoms with Crippen LogP contribution in [0.3, 0.4) is 0 Å². The summed E-state index contributed by atoms with van der Waals surface area (Å²) in [6.45, 7) is 2.05. The molecule has 2 rings (SSSR count). The molecule has 4 heteroatoms. The van der Waals surface area contributed by atoms with Crippen LogP contribution in [0.1, 0.15) is 12.5 Å². The third-order valence-corrected chi connectivity index (χ3v) is 2.42. The lowest BCUT2D eigenvalue weighted by Gasteiger charge is -2.05. The van der Waals surface area contributed by atoms with Gasteiger partial charge in [0.05, 0.1) is 5.69 Å². The monoisotopic (exact) mass is 216 g/mol. The quantitative estimate of drug-likeness (QED) is 0.816. The van der Waals surface area contributed by atoms with Crippen LogP contribution in [0, 0.1) is 0 Å². The molecule has 1 aromatic carbocycles. The maximum atomic E-state index is 11.5. The number of aryl methyl sites for hydroxylation is 1. The Morgan fingerprint density at radius 1 is 1.25 bits per heavy atom. The van der Waals surface area contributed by atoms with E-state index in [2.05, 4.69) is 11.9 Å². The molecule has 1 aromatic heterocycles. The molecule has 0 fully saturated rings. The molecule has 2 aromatic rings. The van der Waals surface area contributed by atoms with E-state index in [1.807, 2.05) is 24.3 Å². The molecule has 1 N–H and O–H groups in total. The molecule has 0 spiro atoms. The maximum Gasteiger partial charge on any atom is 0.332 e. The molecule has 0 saturated heterocycles. The molecule has 1 heterocycles. The number of hydrogen-bond acceptors (Lipinski definition) is 2. The van der Waals surface area contributed by atoms with Crippen LogP contribution in [0.15, 0.2) is 46.1 Å². The van der Waals surface area contributed by atoms with Crippen molar-refractivity contribution in [3.8, 4) is 5.69 Å². The van der Waals surface area contributed by atoms with Gasteiger partial charge in [-0.1, -0.05) is 19.1 Å². The van der Waals surface area contributed by atoms with E-state index in [9.17, 15) is 9.59 Å². The van der Waals surface area contributed by atoms with E-state index in [1.54, 1.807) is 0 Å². The van der Waals surface area contributed by atoms with Crippen molar-refractivity contribution in [2.24, 2.45) is 0 Å². The number of benzene rings is 1. The lowest BCUT2D eigenvalue weighted by atomic mass is 10.1. The molecule has 4 nitrogen and oxygen atoms in total. The van der Waals surface area contributed by atoms with Gasteiger partial charge in [-0.25, -0.2) is 4.79 Å². The predicted octanol–water partition coefficient (Wildman–Crippen LogP) is 1.09. The standard InChI is InChI=1S/C12H12N2O2/c1-2-9-4-3-5-10(8-9)14-7-6-11(15)13-12(14)16/h3-8H,2H2,1H3,(H,13,15,16). The number of nitrogens with zero attached hydrogens (tertiary/aromatic N) is 1. The average molecular weight is 216 g/mol. The largest absolute Gasteiger partial charge is 0.332 e. The molecular weight excluding hydrogens is 204 g/mol. The molecular formula is C12H12N2O2. The normalized spacial score (nSPS) is 10.3. The number of aromatic nitrogens is 2. The molecule has 16 heavy (non-hydrogen) atoms. The minimum Gasteiger partial charge on any atom is -0.274 e. The Balaban J connectivity index is 2.58. The van der Waals surface area contributed by atoms with Crippen LogP contribution in [-0.2, 0) is 6.42 Å². The zero-order valence-corrected chi connectivity index (χ0v) is 8.93. The first-order chi connectivity index (χ1) is 7.70. The molecule has 0 aliphatic heterocycles. The van der Waals surface area contributed by atoms with Crippen LogP contribution in [0.5, 0.6) is 0 Å². The van der Waals surface area contributed by atoms with Gasteiger partial charge in [0, 0.05) is 12.3 Å². The van der Waals surface area contributed by atoms with Gasteiger partial charge >= 0.3 is 5.69 Å². The van der Waals surface area contributed by atoms with Crippen molar-refractivity contribution in [3.63, 3.8) is 0 Å². The van der Waals surface area contributed by atoms with E-state index < -0.39 is 5.69 Å². The van der Waals surface area contributed by atoms with Gasteiger partial charge in [0.25, 0.3) is 5.56 Å². The summed E-state index contributed by atoms with van der Waals surface area (Å²) in [4.78, 5) is 24.7. The molecule has 0 bridgehead atoms. The van der Waals surface area contributed by atoms with Gasteiger partial charge in [-0.2, -0.15) is 0 Å². The summed E-state index contributed by atoms with van der Waals surface area (Å²) >= 11 is 0. The highest BCUT2D eigenvalue weighted by Gasteiger charge is 2.00. The first kappa shape index (κ1) is 10.4. The number of nitrogens with one attached hydrogen (secondary N) is 1. The van der Waals surface area contributed by atoms with Gasteiger partial charge in [0.2, 0.25) is 0 Å². The number of aromatic amines is 1. The van der Waals surface area contributed by atoms with Crippen molar-refractivity contribution in [2.45, 2.75) is 13.3 Å². The highest BCUT2D eigenvalue weighted by Crippen LogP contribution is 2.08. The Labute approximate surface area is 92.2 Å². The average Bonchev–Trinajstić information content (AvgIpc) is 2.29. The summed E-state index contributed by atoms with van der Waals surface area (Å²) in [7, 11) is 0. The summed E-state index contributed by atoms with van der Waals surface area (Å²) in [6, 6.07) is 8.99. The highest BCUT2D eigenvalue weighted by atomic mass is 16.2. The summed E-state index contributed by atoms with van der Waals surface area (Å²) in [6.07, 6.45) is 2.39. The molecule has 0 amide bonds. The fourth-order valence-corrected chi connectivity index (χ4v) is 1.55. The van der Waals surface area contributed by atoms with Crippen molar-refractivity contribution >= 4 is 0 Å². The number of H-pyrrole nitrogens is 1. The second-order valence-electron chi connectivity index (χ2n) is 3.50. The van der Waals surface area contributed by atoms with E-state index in [4.69, 9.17) is 0 Å². The molecule has 0 aliphatic carbocycles. The van der Waals surface area contributed by atoms with Gasteiger partial charge in [-0.3, -0.25) is 14.3 Å². The fraction of sp³-hybridized carbons (Fsp3) is 0.167. The van der Waals surface area contributed by atoms with Crippen molar-refractivity contribution < 1.29 is 0 Å². The van der Waals surface area contributed by atoms with Crippen LogP contribution in [0.4, 0.5) is 0 Å². The fourth-order valence-electron chi connectivity index (χ4n) is 1.55. The Bertz CT molecular complexity index is 611. The predicted molar refractivity (Wildman–Crippen MR) is 62.0 cm³/mol. The number of rotatable bonds is 2. The van der Waals surface area contributed by atoms with E-state index in [1.165, 1.54) is 16.8 Å². The van der Waals surface area contributed by atoms with Gasteiger partial charge in [-0.05, 0) is 24.1 Å². The van der Waals surface area contributed by atoms with Gasteiger partial charge in [0.1, 0.15) is 0 Å². The lowest BCUT2D eigenvalue weighted by Crippen LogP contribution is -2.27. The molecule has 0 radical (unpaired) electrons. The van der Waals surface area contributed by atoms with Crippen LogP contribution in [0.25, 0.3) is 5.69 Å². The number of hydrogen-bond donors (Lipinski definition) is 1. The van der Waals surface area contributed by atoms with E-state index >= 15 is 0 Å². The second kappa shape index (κ2) is 4.18. The molecule has 82 valence electrons. The Kier molecular flexibility index (Phi) is 2.72. The molecule has 0 aliphatic rings. The van der Waals surface area contributed by atoms with Crippen molar-refractivity contribution in [1.29, 1.82) is 0 Å². The Hall–Kier alpha value is -2.10. The van der Waals surface area contributed by atoms with Crippen LogP contribution in [-0.4, -0.2) is 9.55 Å². The van der Waals surface area contributed by atoms with Gasteiger partial charge in [-0.15, -0.1) is 0 Å². The van der Waals surface area contributed by atoms with E-state index in [-0.39, 0.29) is 5.56 Å². The first-order valence-corrected chi connectivity index (χ1v) is 5.12. The van der Waals surface area contributed by atoms with Gasteiger partial charge < -0.3 is 0 Å². The minimum absolute atomic E-state index is 0.382. The van der Waals surface area contributed by atoms with Crippen LogP contribution in [0.2, 0.25) is 0 Å². The zero-order chi connectivity index (χ0) is 11.5. The van der Waals surface area contributed by atoms with Crippen LogP contribution >= 0.6 is 0 Å². The summed E-state index contributed by atoms with van der Waals surface area (Å²) in [5, 5.41) is 0. The zero-order valence-electron chi connectivity index (χ0n) is 8.93. The van der Waals surface area contributed by atoms with Crippen LogP contribution < -0.4 is 11.2 Å². The third kappa shape index (κ3) is 1.95. The Morgan fingerprint density at radius 2 is 2.06 bits per heavy atom. The Morgan fingerprint density at radius 3 is 2.75 bits per heavy atom. The van der Waals surface area contributed by atoms with E-state index in [0.717, 1.165) is 17.7 Å². The van der Waals surface area contributed by atoms with Crippen molar-refractivity contribution in [1.82, 2.24) is 9.55 Å². The molecule has 0 saturated carbocycles. The summed E-state index contributed by atoms with van der Waals surface area (Å²) in [5.41, 5.74) is 1.12. The second-order valence-corrected chi connectivity index (χ2v) is 3.50. The van der Waals surface area contributed by atoms with E-state index in [0.29, 0.717) is 0 Å². The lowest BCUT2D eigenvalue weighted by molar-refractivity contribution is 0.893. The maximum absolute atomic E-state index is 11.5. The minimum atomic E-state index is -0.416. The topological polar surface area (TPSA) is 54.9 Å². The molecule has 0 atom stereocenters. The van der Waals surface area contributed by atoms with Gasteiger partial charge in [0.15, 0.2) is 0 Å². The highest BCUT2D eigenvalue weighted by molar-refractivity contribution is 5.35. The summed E-state index contributed by atoms with van der Waals surface area (Å²) in [5.74, 6) is 0. The third-order valence-electron chi connectivity index (χ3n) is 2.42. The first-order valence-electron chi connectivity index (χ1n) is 5.12. The summed E-state index contributed by atoms with van der Waals surface area (Å²) < 4.78 is 1.42. The van der Waals surface area contributed by atoms with Crippen molar-refractivity contribution in [3.05, 3.63) is 62.9 Å².